The molecule has 0 spiro atoms. The Labute approximate surface area is 84.3 Å². The monoisotopic (exact) mass is 195 g/mol. The molecule has 0 fully saturated rings. The van der Waals surface area contributed by atoms with Crippen LogP contribution in [0.15, 0.2) is 18.2 Å². The van der Waals surface area contributed by atoms with Crippen molar-refractivity contribution in [2.75, 3.05) is 18.0 Å². The summed E-state index contributed by atoms with van der Waals surface area (Å²) < 4.78 is 0. The number of benzene rings is 1. The van der Waals surface area contributed by atoms with E-state index in [9.17, 15) is 0 Å². The number of hydrogen-bond donors (Lipinski definition) is 0. The molecule has 0 unspecified atom stereocenters. The summed E-state index contributed by atoms with van der Waals surface area (Å²) in [6.07, 6.45) is 2.36. The fourth-order valence-electron chi connectivity index (χ4n) is 1.94. The SMILES string of the molecule is CCCN1CCc2cc(Cl)ccc21. The quantitative estimate of drug-likeness (QED) is 0.701. The van der Waals surface area contributed by atoms with Gasteiger partial charge >= 0.3 is 0 Å². The average molecular weight is 196 g/mol. The number of halogens is 1. The second-order valence-corrected chi connectivity index (χ2v) is 3.95. The largest absolute Gasteiger partial charge is 0.371 e. The highest BCUT2D eigenvalue weighted by Gasteiger charge is 2.17. The first-order chi connectivity index (χ1) is 6.31. The lowest BCUT2D eigenvalue weighted by molar-refractivity contribution is 0.796. The summed E-state index contributed by atoms with van der Waals surface area (Å²) in [5.41, 5.74) is 2.78. The van der Waals surface area contributed by atoms with Crippen molar-refractivity contribution in [2.45, 2.75) is 19.8 Å². The summed E-state index contributed by atoms with van der Waals surface area (Å²) in [5, 5.41) is 0.858. The minimum atomic E-state index is 0.858. The number of rotatable bonds is 2. The van der Waals surface area contributed by atoms with Gasteiger partial charge in [0.2, 0.25) is 0 Å². The van der Waals surface area contributed by atoms with E-state index in [1.807, 2.05) is 6.07 Å². The maximum absolute atomic E-state index is 5.93. The van der Waals surface area contributed by atoms with E-state index in [-0.39, 0.29) is 0 Å². The molecule has 0 bridgehead atoms. The third kappa shape index (κ3) is 1.66. The zero-order chi connectivity index (χ0) is 9.26. The summed E-state index contributed by atoms with van der Waals surface area (Å²) in [5.74, 6) is 0. The van der Waals surface area contributed by atoms with Crippen LogP contribution >= 0.6 is 11.6 Å². The first kappa shape index (κ1) is 8.89. The van der Waals surface area contributed by atoms with Crippen LogP contribution < -0.4 is 4.90 Å². The van der Waals surface area contributed by atoms with E-state index in [0.717, 1.165) is 24.5 Å². The molecule has 0 amide bonds. The Morgan fingerprint density at radius 2 is 2.31 bits per heavy atom. The highest BCUT2D eigenvalue weighted by atomic mass is 35.5. The molecular weight excluding hydrogens is 182 g/mol. The van der Waals surface area contributed by atoms with Crippen LogP contribution in [-0.4, -0.2) is 13.1 Å². The zero-order valence-electron chi connectivity index (χ0n) is 7.89. The Bertz CT molecular complexity index is 309. The van der Waals surface area contributed by atoms with Gasteiger partial charge in [0.25, 0.3) is 0 Å². The number of nitrogens with zero attached hydrogens (tertiary/aromatic N) is 1. The lowest BCUT2D eigenvalue weighted by Gasteiger charge is -2.17. The van der Waals surface area contributed by atoms with Crippen LogP contribution in [0.2, 0.25) is 5.02 Å². The van der Waals surface area contributed by atoms with Gasteiger partial charge in [0, 0.05) is 23.8 Å². The molecule has 1 heterocycles. The second-order valence-electron chi connectivity index (χ2n) is 3.51. The van der Waals surface area contributed by atoms with Crippen molar-refractivity contribution in [3.05, 3.63) is 28.8 Å². The summed E-state index contributed by atoms with van der Waals surface area (Å²) >= 11 is 5.93. The van der Waals surface area contributed by atoms with Gasteiger partial charge < -0.3 is 4.90 Å². The number of fused-ring (bicyclic) bond motifs is 1. The van der Waals surface area contributed by atoms with Crippen molar-refractivity contribution in [3.63, 3.8) is 0 Å². The van der Waals surface area contributed by atoms with Gasteiger partial charge in [0.15, 0.2) is 0 Å². The Balaban J connectivity index is 2.27. The first-order valence-electron chi connectivity index (χ1n) is 4.84. The van der Waals surface area contributed by atoms with Crippen LogP contribution in [0.5, 0.6) is 0 Å². The lowest BCUT2D eigenvalue weighted by Crippen LogP contribution is -2.20. The minimum absolute atomic E-state index is 0.858. The van der Waals surface area contributed by atoms with Crippen LogP contribution in [0.1, 0.15) is 18.9 Å². The molecule has 1 aliphatic heterocycles. The first-order valence-corrected chi connectivity index (χ1v) is 5.22. The van der Waals surface area contributed by atoms with Gasteiger partial charge in [0.05, 0.1) is 0 Å². The molecule has 1 aromatic carbocycles. The summed E-state index contributed by atoms with van der Waals surface area (Å²) in [6, 6.07) is 6.21. The smallest absolute Gasteiger partial charge is 0.0410 e. The fourth-order valence-corrected chi connectivity index (χ4v) is 2.14. The molecule has 13 heavy (non-hydrogen) atoms. The summed E-state index contributed by atoms with van der Waals surface area (Å²) in [6.45, 7) is 4.53. The van der Waals surface area contributed by atoms with Crippen molar-refractivity contribution < 1.29 is 0 Å². The third-order valence-electron chi connectivity index (χ3n) is 2.53. The van der Waals surface area contributed by atoms with E-state index in [0.29, 0.717) is 0 Å². The normalized spacial score (nSPS) is 14.8. The number of hydrogen-bond acceptors (Lipinski definition) is 1. The number of anilines is 1. The Morgan fingerprint density at radius 3 is 3.08 bits per heavy atom. The molecule has 1 nitrogen and oxygen atoms in total. The van der Waals surface area contributed by atoms with Gasteiger partial charge in [-0.1, -0.05) is 18.5 Å². The molecule has 70 valence electrons. The van der Waals surface area contributed by atoms with E-state index < -0.39 is 0 Å². The molecule has 2 rings (SSSR count). The van der Waals surface area contributed by atoms with Crippen molar-refractivity contribution in [1.29, 1.82) is 0 Å². The highest BCUT2D eigenvalue weighted by molar-refractivity contribution is 6.30. The van der Waals surface area contributed by atoms with Gasteiger partial charge in [-0.3, -0.25) is 0 Å². The van der Waals surface area contributed by atoms with Crippen LogP contribution in [0, 0.1) is 0 Å². The van der Waals surface area contributed by atoms with Crippen molar-refractivity contribution in [2.24, 2.45) is 0 Å². The molecule has 2 heteroatoms. The van der Waals surface area contributed by atoms with E-state index in [1.54, 1.807) is 0 Å². The van der Waals surface area contributed by atoms with Crippen molar-refractivity contribution in [1.82, 2.24) is 0 Å². The Hall–Kier alpha value is -0.690. The van der Waals surface area contributed by atoms with E-state index >= 15 is 0 Å². The Morgan fingerprint density at radius 1 is 1.46 bits per heavy atom. The minimum Gasteiger partial charge on any atom is -0.371 e. The van der Waals surface area contributed by atoms with Gasteiger partial charge in [-0.25, -0.2) is 0 Å². The second kappa shape index (κ2) is 3.59. The third-order valence-corrected chi connectivity index (χ3v) is 2.76. The molecular formula is C11H14ClN. The molecule has 1 aromatic rings. The molecule has 0 aliphatic carbocycles. The van der Waals surface area contributed by atoms with E-state index in [1.165, 1.54) is 17.7 Å². The molecule has 0 radical (unpaired) electrons. The molecule has 0 saturated carbocycles. The van der Waals surface area contributed by atoms with Gasteiger partial charge in [-0.2, -0.15) is 0 Å². The van der Waals surface area contributed by atoms with Gasteiger partial charge in [-0.05, 0) is 36.6 Å². The molecule has 0 atom stereocenters. The molecule has 0 N–H and O–H groups in total. The van der Waals surface area contributed by atoms with Crippen molar-refractivity contribution >= 4 is 17.3 Å². The summed E-state index contributed by atoms with van der Waals surface area (Å²) in [7, 11) is 0. The van der Waals surface area contributed by atoms with Crippen LogP contribution in [0.3, 0.4) is 0 Å². The van der Waals surface area contributed by atoms with Gasteiger partial charge in [0.1, 0.15) is 0 Å². The van der Waals surface area contributed by atoms with Gasteiger partial charge in [-0.15, -0.1) is 0 Å². The zero-order valence-corrected chi connectivity index (χ0v) is 8.64. The topological polar surface area (TPSA) is 3.24 Å². The molecule has 0 saturated heterocycles. The molecule has 1 aliphatic rings. The maximum Gasteiger partial charge on any atom is 0.0410 e. The highest BCUT2D eigenvalue weighted by Crippen LogP contribution is 2.30. The van der Waals surface area contributed by atoms with E-state index in [4.69, 9.17) is 11.6 Å². The Kier molecular flexibility index (Phi) is 2.45. The molecule has 0 aromatic heterocycles. The summed E-state index contributed by atoms with van der Waals surface area (Å²) in [4.78, 5) is 2.44. The maximum atomic E-state index is 5.93. The van der Waals surface area contributed by atoms with Crippen LogP contribution in [-0.2, 0) is 6.42 Å². The van der Waals surface area contributed by atoms with Crippen LogP contribution in [0.25, 0.3) is 0 Å². The average Bonchev–Trinajstić information content (AvgIpc) is 2.49. The predicted molar refractivity (Wildman–Crippen MR) is 57.7 cm³/mol. The van der Waals surface area contributed by atoms with Crippen molar-refractivity contribution in [3.8, 4) is 0 Å². The van der Waals surface area contributed by atoms with E-state index in [2.05, 4.69) is 24.0 Å². The van der Waals surface area contributed by atoms with Crippen LogP contribution in [0.4, 0.5) is 5.69 Å². The fraction of sp³-hybridized carbons (Fsp3) is 0.455. The lowest BCUT2D eigenvalue weighted by atomic mass is 10.2. The standard InChI is InChI=1S/C11H14ClN/c1-2-6-13-7-5-9-8-10(12)3-4-11(9)13/h3-4,8H,2,5-7H2,1H3. The predicted octanol–water partition coefficient (Wildman–Crippen LogP) is 3.11.